The lowest BCUT2D eigenvalue weighted by Crippen LogP contribution is -2.57. The number of benzene rings is 1. The highest BCUT2D eigenvalue weighted by Gasteiger charge is 2.40. The van der Waals surface area contributed by atoms with E-state index in [-0.39, 0.29) is 11.8 Å². The topological polar surface area (TPSA) is 55.6 Å². The van der Waals surface area contributed by atoms with Gasteiger partial charge in [0.2, 0.25) is 5.91 Å². The summed E-state index contributed by atoms with van der Waals surface area (Å²) < 4.78 is 19.8. The van der Waals surface area contributed by atoms with E-state index in [0.29, 0.717) is 36.2 Å². The zero-order valence-corrected chi connectivity index (χ0v) is 13.3. The van der Waals surface area contributed by atoms with Crippen LogP contribution in [0.3, 0.4) is 0 Å². The number of primary amides is 1. The Hall–Kier alpha value is -1.62. The van der Waals surface area contributed by atoms with Crippen LogP contribution in [0.2, 0.25) is 0 Å². The van der Waals surface area contributed by atoms with Gasteiger partial charge in [-0.2, -0.15) is 0 Å². The first-order chi connectivity index (χ1) is 11.1. The van der Waals surface area contributed by atoms with Crippen molar-refractivity contribution in [3.05, 3.63) is 29.1 Å². The molecule has 1 aromatic rings. The normalized spacial score (nSPS) is 24.5. The van der Waals surface area contributed by atoms with Crippen LogP contribution in [0.15, 0.2) is 12.1 Å². The number of nitrogens with two attached hydrogens (primary N) is 1. The summed E-state index contributed by atoms with van der Waals surface area (Å²) in [7, 11) is 0. The number of carbonyl (C=O) groups is 1. The lowest BCUT2D eigenvalue weighted by atomic mass is 9.79. The van der Waals surface area contributed by atoms with Gasteiger partial charge >= 0.3 is 0 Å². The van der Waals surface area contributed by atoms with Gasteiger partial charge in [0.1, 0.15) is 6.61 Å². The summed E-state index contributed by atoms with van der Waals surface area (Å²) in [6.07, 6.45) is 8.20. The lowest BCUT2D eigenvalue weighted by molar-refractivity contribution is -0.0194. The molecule has 124 valence electrons. The summed E-state index contributed by atoms with van der Waals surface area (Å²) in [5.41, 5.74) is 6.52. The van der Waals surface area contributed by atoms with Gasteiger partial charge in [0.05, 0.1) is 0 Å². The second kappa shape index (κ2) is 5.78. The van der Waals surface area contributed by atoms with E-state index < -0.39 is 11.7 Å². The molecule has 4 rings (SSSR count). The summed E-state index contributed by atoms with van der Waals surface area (Å²) in [6, 6.07) is 4.23. The Labute approximate surface area is 135 Å². The van der Waals surface area contributed by atoms with Gasteiger partial charge < -0.3 is 10.5 Å². The summed E-state index contributed by atoms with van der Waals surface area (Å²) >= 11 is 0. The largest absolute Gasteiger partial charge is 0.489 e. The van der Waals surface area contributed by atoms with E-state index in [1.165, 1.54) is 50.7 Å². The van der Waals surface area contributed by atoms with Crippen LogP contribution < -0.4 is 10.5 Å². The molecule has 0 bridgehead atoms. The molecule has 0 radical (unpaired) electrons. The Balaban J connectivity index is 1.64. The zero-order chi connectivity index (χ0) is 16.0. The number of fused-ring (bicyclic) bond motifs is 1. The minimum Gasteiger partial charge on any atom is -0.489 e. The summed E-state index contributed by atoms with van der Waals surface area (Å²) in [4.78, 5) is 14.3. The fraction of sp³-hybridized carbons (Fsp3) is 0.611. The summed E-state index contributed by atoms with van der Waals surface area (Å²) in [5.74, 6) is -0.689. The highest BCUT2D eigenvalue weighted by Crippen LogP contribution is 2.39. The molecule has 2 saturated carbocycles. The Kier molecular flexibility index (Phi) is 3.76. The van der Waals surface area contributed by atoms with Crippen molar-refractivity contribution in [2.75, 3.05) is 6.61 Å². The maximum atomic E-state index is 14.0. The molecule has 2 N–H and O–H groups in total. The first kappa shape index (κ1) is 14.9. The molecule has 0 unspecified atom stereocenters. The van der Waals surface area contributed by atoms with Gasteiger partial charge in [0.15, 0.2) is 11.6 Å². The molecule has 5 heteroatoms. The fourth-order valence-corrected chi connectivity index (χ4v) is 4.12. The Morgan fingerprint density at radius 2 is 1.78 bits per heavy atom. The second-order valence-corrected chi connectivity index (χ2v) is 7.05. The van der Waals surface area contributed by atoms with Crippen molar-refractivity contribution in [1.29, 1.82) is 0 Å². The van der Waals surface area contributed by atoms with Crippen molar-refractivity contribution in [2.45, 2.75) is 63.1 Å². The van der Waals surface area contributed by atoms with E-state index in [9.17, 15) is 9.18 Å². The van der Waals surface area contributed by atoms with Gasteiger partial charge in [-0.15, -0.1) is 0 Å². The molecule has 4 nitrogen and oxygen atoms in total. The molecule has 0 saturated heterocycles. The molecule has 2 fully saturated rings. The van der Waals surface area contributed by atoms with Gasteiger partial charge in [-0.25, -0.2) is 4.39 Å². The van der Waals surface area contributed by atoms with Crippen LogP contribution in [0.5, 0.6) is 5.75 Å². The molecule has 1 atom stereocenters. The zero-order valence-electron chi connectivity index (χ0n) is 13.3. The number of nitrogens with zero attached hydrogens (tertiary/aromatic N) is 1. The van der Waals surface area contributed by atoms with Crippen molar-refractivity contribution < 1.29 is 13.9 Å². The maximum absolute atomic E-state index is 14.0. The predicted octanol–water partition coefficient (Wildman–Crippen LogP) is 2.64. The third kappa shape index (κ3) is 2.51. The number of carbonyl (C=O) groups excluding carboxylic acids is 1. The van der Waals surface area contributed by atoms with Crippen LogP contribution in [0.1, 0.15) is 54.4 Å². The number of rotatable bonds is 4. The Morgan fingerprint density at radius 3 is 2.30 bits per heavy atom. The molecule has 0 spiro atoms. The van der Waals surface area contributed by atoms with Crippen molar-refractivity contribution in [2.24, 2.45) is 5.73 Å². The molecule has 3 aliphatic rings. The molecular formula is C18H23FN2O2. The van der Waals surface area contributed by atoms with E-state index in [0.717, 1.165) is 0 Å². The van der Waals surface area contributed by atoms with Gasteiger partial charge in [-0.3, -0.25) is 9.69 Å². The van der Waals surface area contributed by atoms with Crippen LogP contribution in [-0.4, -0.2) is 35.5 Å². The number of hydrogen-bond donors (Lipinski definition) is 1. The van der Waals surface area contributed by atoms with Crippen LogP contribution >= 0.6 is 0 Å². The lowest BCUT2D eigenvalue weighted by Gasteiger charge is -2.51. The van der Waals surface area contributed by atoms with E-state index >= 15 is 0 Å². The third-order valence-electron chi connectivity index (χ3n) is 5.75. The van der Waals surface area contributed by atoms with Crippen LogP contribution in [-0.2, 0) is 6.42 Å². The minimum atomic E-state index is -0.510. The summed E-state index contributed by atoms with van der Waals surface area (Å²) in [5, 5.41) is 0. The van der Waals surface area contributed by atoms with Gasteiger partial charge in [0.25, 0.3) is 0 Å². The molecule has 23 heavy (non-hydrogen) atoms. The van der Waals surface area contributed by atoms with E-state index in [2.05, 4.69) is 4.90 Å². The first-order valence-electron chi connectivity index (χ1n) is 8.66. The molecule has 0 aromatic heterocycles. The Morgan fingerprint density at radius 1 is 1.13 bits per heavy atom. The van der Waals surface area contributed by atoms with Crippen LogP contribution in [0.25, 0.3) is 0 Å². The third-order valence-corrected chi connectivity index (χ3v) is 5.75. The quantitative estimate of drug-likeness (QED) is 0.929. The molecule has 1 aliphatic heterocycles. The Bertz CT molecular complexity index is 612. The maximum Gasteiger partial charge on any atom is 0.249 e. The van der Waals surface area contributed by atoms with E-state index in [1.807, 2.05) is 0 Å². The van der Waals surface area contributed by atoms with Crippen molar-refractivity contribution in [3.8, 4) is 5.75 Å². The molecule has 2 aliphatic carbocycles. The standard InChI is InChI=1S/C18H23FN2O2/c19-16-8-7-14(18(20)22)15-9-13(10-23-17(15)16)21(11-3-1-4-11)12-5-2-6-12/h7-8,11-13H,1-6,9-10H2,(H2,20,22)/t13-/m1/s1/i18-1. The molecule has 1 heterocycles. The van der Waals surface area contributed by atoms with Gasteiger partial charge in [-0.1, -0.05) is 12.8 Å². The summed E-state index contributed by atoms with van der Waals surface area (Å²) in [6.45, 7) is 0.499. The van der Waals surface area contributed by atoms with E-state index in [4.69, 9.17) is 10.5 Å². The molecular weight excluding hydrogens is 294 g/mol. The highest BCUT2D eigenvalue weighted by molar-refractivity contribution is 5.95. The number of ether oxygens (including phenoxy) is 1. The smallest absolute Gasteiger partial charge is 0.249 e. The predicted molar refractivity (Wildman–Crippen MR) is 85.0 cm³/mol. The minimum absolute atomic E-state index is 0.220. The first-order valence-corrected chi connectivity index (χ1v) is 8.66. The van der Waals surface area contributed by atoms with E-state index in [1.54, 1.807) is 0 Å². The number of amides is 1. The second-order valence-electron chi connectivity index (χ2n) is 7.05. The van der Waals surface area contributed by atoms with Crippen LogP contribution in [0.4, 0.5) is 4.39 Å². The molecule has 1 amide bonds. The SMILES string of the molecule is N[11C](=O)c1ccc(F)c2c1C[C@@H](N(C1CCC1)C1CCC1)CO2. The highest BCUT2D eigenvalue weighted by atomic mass is 19.1. The number of hydrogen-bond acceptors (Lipinski definition) is 3. The molecule has 1 aromatic carbocycles. The van der Waals surface area contributed by atoms with Gasteiger partial charge in [0, 0.05) is 29.3 Å². The average molecular weight is 317 g/mol. The van der Waals surface area contributed by atoms with Crippen LogP contribution in [0, 0.1) is 5.82 Å². The van der Waals surface area contributed by atoms with Crippen molar-refractivity contribution in [1.82, 2.24) is 4.90 Å². The van der Waals surface area contributed by atoms with Gasteiger partial charge in [-0.05, 0) is 44.2 Å². The van der Waals surface area contributed by atoms with Crippen molar-refractivity contribution >= 4 is 5.91 Å². The monoisotopic (exact) mass is 317 g/mol. The van der Waals surface area contributed by atoms with Crippen molar-refractivity contribution in [3.63, 3.8) is 0 Å². The average Bonchev–Trinajstić information content (AvgIpc) is 2.42. The number of halogens is 1. The fourth-order valence-electron chi connectivity index (χ4n) is 4.12.